The lowest BCUT2D eigenvalue weighted by molar-refractivity contribution is -0.133. The van der Waals surface area contributed by atoms with Crippen molar-refractivity contribution in [3.8, 4) is 5.75 Å². The summed E-state index contributed by atoms with van der Waals surface area (Å²) in [5.74, 6) is -0.247. The summed E-state index contributed by atoms with van der Waals surface area (Å²) in [5.41, 5.74) is 0.555. The van der Waals surface area contributed by atoms with Crippen molar-refractivity contribution in [2.24, 2.45) is 0 Å². The van der Waals surface area contributed by atoms with Crippen LogP contribution in [0, 0.1) is 0 Å². The van der Waals surface area contributed by atoms with Gasteiger partial charge in [0, 0.05) is 31.7 Å². The van der Waals surface area contributed by atoms with E-state index in [1.807, 2.05) is 0 Å². The van der Waals surface area contributed by atoms with E-state index in [2.05, 4.69) is 10.6 Å². The molecule has 0 aromatic heterocycles. The monoisotopic (exact) mass is 277 g/mol. The van der Waals surface area contributed by atoms with Crippen molar-refractivity contribution in [3.05, 3.63) is 29.8 Å². The molecule has 1 fully saturated rings. The average Bonchev–Trinajstić information content (AvgIpc) is 2.48. The predicted octanol–water partition coefficient (Wildman–Crippen LogP) is -0.517. The van der Waals surface area contributed by atoms with Gasteiger partial charge in [0.05, 0.1) is 13.0 Å². The van der Waals surface area contributed by atoms with Crippen molar-refractivity contribution in [3.63, 3.8) is 0 Å². The summed E-state index contributed by atoms with van der Waals surface area (Å²) in [7, 11) is 0. The number of carbonyl (C=O) groups excluding carboxylic acids is 2. The molecule has 0 aliphatic carbocycles. The zero-order chi connectivity index (χ0) is 14.4. The summed E-state index contributed by atoms with van der Waals surface area (Å²) in [6, 6.07) is 6.68. The van der Waals surface area contributed by atoms with Gasteiger partial charge in [-0.2, -0.15) is 0 Å². The Kier molecular flexibility index (Phi) is 4.95. The molecule has 1 aromatic rings. The third-order valence-electron chi connectivity index (χ3n) is 3.25. The molecule has 0 unspecified atom stereocenters. The standard InChI is InChI=1S/C14H19N3O3/c18-12-4-2-1-3-11(12)9-13(19)16-10-14(20)17-7-5-15-6-8-17/h1-4,15,18H,5-10H2,(H,16,19). The zero-order valence-electron chi connectivity index (χ0n) is 11.3. The Labute approximate surface area is 117 Å². The van der Waals surface area contributed by atoms with Gasteiger partial charge in [-0.15, -0.1) is 0 Å². The number of piperazine rings is 1. The van der Waals surface area contributed by atoms with Gasteiger partial charge in [0.2, 0.25) is 11.8 Å². The maximum atomic E-state index is 11.9. The Hall–Kier alpha value is -2.08. The minimum Gasteiger partial charge on any atom is -0.508 e. The number of hydrogen-bond donors (Lipinski definition) is 3. The third kappa shape index (κ3) is 3.96. The van der Waals surface area contributed by atoms with Crippen molar-refractivity contribution in [1.29, 1.82) is 0 Å². The Bertz CT molecular complexity index is 484. The molecule has 2 rings (SSSR count). The Morgan fingerprint density at radius 3 is 2.65 bits per heavy atom. The second kappa shape index (κ2) is 6.91. The van der Waals surface area contributed by atoms with E-state index in [-0.39, 0.29) is 30.5 Å². The van der Waals surface area contributed by atoms with Gasteiger partial charge in [-0.05, 0) is 6.07 Å². The van der Waals surface area contributed by atoms with Gasteiger partial charge in [0.15, 0.2) is 0 Å². The number of rotatable bonds is 4. The predicted molar refractivity (Wildman–Crippen MR) is 74.3 cm³/mol. The molecule has 0 saturated carbocycles. The van der Waals surface area contributed by atoms with E-state index < -0.39 is 0 Å². The van der Waals surface area contributed by atoms with E-state index in [0.717, 1.165) is 13.1 Å². The van der Waals surface area contributed by atoms with Gasteiger partial charge in [0.25, 0.3) is 0 Å². The minimum atomic E-state index is -0.269. The molecular weight excluding hydrogens is 258 g/mol. The smallest absolute Gasteiger partial charge is 0.242 e. The second-order valence-electron chi connectivity index (χ2n) is 4.71. The number of carbonyl (C=O) groups is 2. The van der Waals surface area contributed by atoms with Crippen LogP contribution in [0.25, 0.3) is 0 Å². The van der Waals surface area contributed by atoms with Crippen LogP contribution in [0.2, 0.25) is 0 Å². The number of nitrogens with zero attached hydrogens (tertiary/aromatic N) is 1. The fourth-order valence-electron chi connectivity index (χ4n) is 2.10. The first kappa shape index (κ1) is 14.3. The van der Waals surface area contributed by atoms with Crippen LogP contribution < -0.4 is 10.6 Å². The molecule has 6 nitrogen and oxygen atoms in total. The SMILES string of the molecule is O=C(Cc1ccccc1O)NCC(=O)N1CCNCC1. The largest absolute Gasteiger partial charge is 0.508 e. The molecule has 0 atom stereocenters. The van der Waals surface area contributed by atoms with E-state index in [1.165, 1.54) is 6.07 Å². The highest BCUT2D eigenvalue weighted by Crippen LogP contribution is 2.15. The van der Waals surface area contributed by atoms with E-state index in [1.54, 1.807) is 23.1 Å². The lowest BCUT2D eigenvalue weighted by Gasteiger charge is -2.27. The highest BCUT2D eigenvalue weighted by Gasteiger charge is 2.16. The van der Waals surface area contributed by atoms with Crippen LogP contribution in [0.3, 0.4) is 0 Å². The van der Waals surface area contributed by atoms with Crippen molar-refractivity contribution >= 4 is 11.8 Å². The van der Waals surface area contributed by atoms with Crippen LogP contribution in [0.5, 0.6) is 5.75 Å². The number of amides is 2. The van der Waals surface area contributed by atoms with E-state index in [9.17, 15) is 14.7 Å². The molecule has 6 heteroatoms. The Morgan fingerprint density at radius 2 is 1.95 bits per heavy atom. The van der Waals surface area contributed by atoms with Crippen LogP contribution in [-0.4, -0.2) is 54.5 Å². The van der Waals surface area contributed by atoms with Crippen LogP contribution in [0.1, 0.15) is 5.56 Å². The summed E-state index contributed by atoms with van der Waals surface area (Å²) < 4.78 is 0. The second-order valence-corrected chi connectivity index (χ2v) is 4.71. The molecule has 1 aliphatic rings. The Balaban J connectivity index is 1.77. The molecule has 1 aromatic carbocycles. The number of benzene rings is 1. The molecule has 1 heterocycles. The number of aromatic hydroxyl groups is 1. The van der Waals surface area contributed by atoms with Gasteiger partial charge in [-0.3, -0.25) is 9.59 Å². The molecule has 108 valence electrons. The first-order valence-electron chi connectivity index (χ1n) is 6.69. The van der Waals surface area contributed by atoms with Crippen molar-refractivity contribution < 1.29 is 14.7 Å². The quantitative estimate of drug-likeness (QED) is 0.692. The van der Waals surface area contributed by atoms with Gasteiger partial charge in [-0.25, -0.2) is 0 Å². The fraction of sp³-hybridized carbons (Fsp3) is 0.429. The van der Waals surface area contributed by atoms with Crippen LogP contribution >= 0.6 is 0 Å². The number of para-hydroxylation sites is 1. The molecule has 3 N–H and O–H groups in total. The summed E-state index contributed by atoms with van der Waals surface area (Å²) in [5, 5.41) is 15.3. The normalized spacial score (nSPS) is 14.9. The number of nitrogens with one attached hydrogen (secondary N) is 2. The summed E-state index contributed by atoms with van der Waals surface area (Å²) in [4.78, 5) is 25.3. The number of phenolic OH excluding ortho intramolecular Hbond substituents is 1. The molecule has 20 heavy (non-hydrogen) atoms. The third-order valence-corrected chi connectivity index (χ3v) is 3.25. The van der Waals surface area contributed by atoms with Crippen molar-refractivity contribution in [1.82, 2.24) is 15.5 Å². The van der Waals surface area contributed by atoms with Gasteiger partial charge in [-0.1, -0.05) is 18.2 Å². The van der Waals surface area contributed by atoms with Crippen LogP contribution in [-0.2, 0) is 16.0 Å². The molecule has 2 amide bonds. The lowest BCUT2D eigenvalue weighted by Crippen LogP contribution is -2.49. The molecule has 1 saturated heterocycles. The molecule has 0 spiro atoms. The number of phenols is 1. The number of hydrogen-bond acceptors (Lipinski definition) is 4. The molecular formula is C14H19N3O3. The lowest BCUT2D eigenvalue weighted by atomic mass is 10.1. The molecule has 0 bridgehead atoms. The van der Waals surface area contributed by atoms with Crippen molar-refractivity contribution in [2.75, 3.05) is 32.7 Å². The maximum Gasteiger partial charge on any atom is 0.242 e. The van der Waals surface area contributed by atoms with E-state index in [0.29, 0.717) is 18.7 Å². The van der Waals surface area contributed by atoms with E-state index in [4.69, 9.17) is 0 Å². The van der Waals surface area contributed by atoms with Crippen molar-refractivity contribution in [2.45, 2.75) is 6.42 Å². The topological polar surface area (TPSA) is 81.7 Å². The average molecular weight is 277 g/mol. The Morgan fingerprint density at radius 1 is 1.25 bits per heavy atom. The minimum absolute atomic E-state index is 0.00638. The summed E-state index contributed by atoms with van der Waals surface area (Å²) in [6.07, 6.45) is 0.0709. The molecule has 1 aliphatic heterocycles. The van der Waals surface area contributed by atoms with Crippen LogP contribution in [0.4, 0.5) is 0 Å². The van der Waals surface area contributed by atoms with Gasteiger partial charge >= 0.3 is 0 Å². The first-order chi connectivity index (χ1) is 9.66. The highest BCUT2D eigenvalue weighted by molar-refractivity contribution is 5.86. The summed E-state index contributed by atoms with van der Waals surface area (Å²) in [6.45, 7) is 2.93. The molecule has 0 radical (unpaired) electrons. The summed E-state index contributed by atoms with van der Waals surface area (Å²) >= 11 is 0. The first-order valence-corrected chi connectivity index (χ1v) is 6.69. The van der Waals surface area contributed by atoms with Crippen LogP contribution in [0.15, 0.2) is 24.3 Å². The maximum absolute atomic E-state index is 11.9. The van der Waals surface area contributed by atoms with E-state index >= 15 is 0 Å². The van der Waals surface area contributed by atoms with Gasteiger partial charge in [0.1, 0.15) is 5.75 Å². The fourth-order valence-corrected chi connectivity index (χ4v) is 2.10. The highest BCUT2D eigenvalue weighted by atomic mass is 16.3. The van der Waals surface area contributed by atoms with Gasteiger partial charge < -0.3 is 20.6 Å². The zero-order valence-corrected chi connectivity index (χ0v) is 11.3.